The Morgan fingerprint density at radius 3 is 2.26 bits per heavy atom. The fraction of sp³-hybridized carbons (Fsp3) is 0. The van der Waals surface area contributed by atoms with E-state index in [2.05, 4.69) is 15.9 Å². The van der Waals surface area contributed by atoms with Crippen LogP contribution in [0.2, 0.25) is 0 Å². The van der Waals surface area contributed by atoms with Crippen molar-refractivity contribution < 1.29 is 13.2 Å². The van der Waals surface area contributed by atoms with Crippen molar-refractivity contribution in [2.24, 2.45) is 0 Å². The molecule has 0 amide bonds. The number of benzene rings is 2. The van der Waals surface area contributed by atoms with Gasteiger partial charge in [-0.3, -0.25) is 4.79 Å². The average molecular weight is 360 g/mol. The summed E-state index contributed by atoms with van der Waals surface area (Å²) in [6.45, 7) is 0. The molecule has 0 radical (unpaired) electrons. The van der Waals surface area contributed by atoms with Crippen molar-refractivity contribution in [3.63, 3.8) is 0 Å². The third kappa shape index (κ3) is 3.23. The summed E-state index contributed by atoms with van der Waals surface area (Å²) in [6, 6.07) is 12.7. The standard InChI is InChI=1S/C13H8BrClO3S/c14-10-6-7-12(19(15,17)18)11(8-10)13(16)9-4-2-1-3-5-9/h1-8H. The van der Waals surface area contributed by atoms with E-state index in [4.69, 9.17) is 10.7 Å². The first-order valence-corrected chi connectivity index (χ1v) is 8.34. The SMILES string of the molecule is O=C(c1ccccc1)c1cc(Br)ccc1S(=O)(=O)Cl. The highest BCUT2D eigenvalue weighted by atomic mass is 79.9. The molecule has 2 aromatic carbocycles. The van der Waals surface area contributed by atoms with E-state index in [9.17, 15) is 13.2 Å². The summed E-state index contributed by atoms with van der Waals surface area (Å²) in [5, 5.41) is 0. The monoisotopic (exact) mass is 358 g/mol. The lowest BCUT2D eigenvalue weighted by Crippen LogP contribution is -2.07. The van der Waals surface area contributed by atoms with Gasteiger partial charge in [0.15, 0.2) is 5.78 Å². The molecule has 2 rings (SSSR count). The molecule has 2 aromatic rings. The van der Waals surface area contributed by atoms with Crippen molar-refractivity contribution in [3.8, 4) is 0 Å². The third-order valence-corrected chi connectivity index (χ3v) is 4.36. The number of halogens is 2. The zero-order valence-electron chi connectivity index (χ0n) is 9.51. The molecule has 0 bridgehead atoms. The summed E-state index contributed by atoms with van der Waals surface area (Å²) in [6.07, 6.45) is 0. The zero-order valence-corrected chi connectivity index (χ0v) is 12.7. The van der Waals surface area contributed by atoms with E-state index in [0.717, 1.165) is 0 Å². The quantitative estimate of drug-likeness (QED) is 0.621. The molecule has 0 spiro atoms. The van der Waals surface area contributed by atoms with Crippen molar-refractivity contribution in [2.45, 2.75) is 4.90 Å². The van der Waals surface area contributed by atoms with Crippen LogP contribution in [0.5, 0.6) is 0 Å². The largest absolute Gasteiger partial charge is 0.289 e. The smallest absolute Gasteiger partial charge is 0.262 e. The Labute approximate surface area is 123 Å². The normalized spacial score (nSPS) is 11.3. The van der Waals surface area contributed by atoms with Gasteiger partial charge in [-0.15, -0.1) is 0 Å². The number of hydrogen-bond acceptors (Lipinski definition) is 3. The van der Waals surface area contributed by atoms with E-state index in [1.807, 2.05) is 0 Å². The van der Waals surface area contributed by atoms with Crippen LogP contribution in [0.15, 0.2) is 57.9 Å². The second kappa shape index (κ2) is 5.45. The molecule has 0 fully saturated rings. The van der Waals surface area contributed by atoms with Gasteiger partial charge in [0.25, 0.3) is 9.05 Å². The van der Waals surface area contributed by atoms with Gasteiger partial charge in [0.05, 0.1) is 4.90 Å². The lowest BCUT2D eigenvalue weighted by molar-refractivity contribution is 0.103. The Morgan fingerprint density at radius 2 is 1.68 bits per heavy atom. The van der Waals surface area contributed by atoms with Crippen molar-refractivity contribution in [1.29, 1.82) is 0 Å². The molecule has 0 atom stereocenters. The van der Waals surface area contributed by atoms with Crippen LogP contribution >= 0.6 is 26.6 Å². The molecular weight excluding hydrogens is 352 g/mol. The van der Waals surface area contributed by atoms with Crippen LogP contribution in [0.4, 0.5) is 0 Å². The maximum absolute atomic E-state index is 12.3. The van der Waals surface area contributed by atoms with Gasteiger partial charge < -0.3 is 0 Å². The van der Waals surface area contributed by atoms with Gasteiger partial charge in [0, 0.05) is 26.3 Å². The number of hydrogen-bond donors (Lipinski definition) is 0. The molecule has 19 heavy (non-hydrogen) atoms. The van der Waals surface area contributed by atoms with Gasteiger partial charge in [-0.2, -0.15) is 0 Å². The summed E-state index contributed by atoms with van der Waals surface area (Å²) >= 11 is 3.21. The topological polar surface area (TPSA) is 51.2 Å². The molecule has 0 heterocycles. The van der Waals surface area contributed by atoms with Crippen LogP contribution in [-0.2, 0) is 9.05 Å². The van der Waals surface area contributed by atoms with E-state index in [-0.39, 0.29) is 16.2 Å². The Morgan fingerprint density at radius 1 is 1.05 bits per heavy atom. The molecule has 0 aliphatic heterocycles. The van der Waals surface area contributed by atoms with Crippen molar-refractivity contribution >= 4 is 41.4 Å². The molecule has 0 aliphatic rings. The minimum absolute atomic E-state index is 0.0515. The lowest BCUT2D eigenvalue weighted by Gasteiger charge is -2.06. The predicted octanol–water partition coefficient (Wildman–Crippen LogP) is 3.61. The predicted molar refractivity (Wildman–Crippen MR) is 77.1 cm³/mol. The highest BCUT2D eigenvalue weighted by Crippen LogP contribution is 2.26. The second-order valence-electron chi connectivity index (χ2n) is 3.77. The number of carbonyl (C=O) groups excluding carboxylic acids is 1. The van der Waals surface area contributed by atoms with E-state index < -0.39 is 9.05 Å². The van der Waals surface area contributed by atoms with Gasteiger partial charge in [-0.25, -0.2) is 8.42 Å². The third-order valence-electron chi connectivity index (χ3n) is 2.48. The van der Waals surface area contributed by atoms with Crippen LogP contribution in [0.3, 0.4) is 0 Å². The molecule has 0 aromatic heterocycles. The fourth-order valence-electron chi connectivity index (χ4n) is 1.64. The summed E-state index contributed by atoms with van der Waals surface area (Å²) in [5.41, 5.74) is 0.456. The summed E-state index contributed by atoms with van der Waals surface area (Å²) in [4.78, 5) is 12.1. The average Bonchev–Trinajstić information content (AvgIpc) is 2.37. The Balaban J connectivity index is 2.62. The molecular formula is C13H8BrClO3S. The Kier molecular flexibility index (Phi) is 4.08. The van der Waals surface area contributed by atoms with E-state index in [1.54, 1.807) is 30.3 Å². The maximum atomic E-state index is 12.3. The number of ketones is 1. The van der Waals surface area contributed by atoms with Gasteiger partial charge in [-0.05, 0) is 18.2 Å². The molecule has 0 saturated carbocycles. The van der Waals surface area contributed by atoms with Gasteiger partial charge >= 0.3 is 0 Å². The van der Waals surface area contributed by atoms with Gasteiger partial charge in [-0.1, -0.05) is 46.3 Å². The fourth-order valence-corrected chi connectivity index (χ4v) is 3.05. The first-order chi connectivity index (χ1) is 8.89. The number of rotatable bonds is 3. The molecule has 0 N–H and O–H groups in total. The Hall–Kier alpha value is -1.17. The maximum Gasteiger partial charge on any atom is 0.262 e. The highest BCUT2D eigenvalue weighted by molar-refractivity contribution is 9.10. The zero-order chi connectivity index (χ0) is 14.0. The van der Waals surface area contributed by atoms with Crippen LogP contribution < -0.4 is 0 Å². The first kappa shape index (κ1) is 14.2. The Bertz CT molecular complexity index is 727. The van der Waals surface area contributed by atoms with Crippen LogP contribution in [0.1, 0.15) is 15.9 Å². The highest BCUT2D eigenvalue weighted by Gasteiger charge is 2.21. The molecule has 0 saturated heterocycles. The van der Waals surface area contributed by atoms with E-state index in [1.165, 1.54) is 18.2 Å². The summed E-state index contributed by atoms with van der Waals surface area (Å²) in [5.74, 6) is -0.388. The van der Waals surface area contributed by atoms with Crippen molar-refractivity contribution in [1.82, 2.24) is 0 Å². The molecule has 98 valence electrons. The first-order valence-electron chi connectivity index (χ1n) is 5.23. The van der Waals surface area contributed by atoms with Crippen LogP contribution in [0, 0.1) is 0 Å². The van der Waals surface area contributed by atoms with Gasteiger partial charge in [0.1, 0.15) is 0 Å². The van der Waals surface area contributed by atoms with Gasteiger partial charge in [0.2, 0.25) is 0 Å². The number of carbonyl (C=O) groups is 1. The minimum Gasteiger partial charge on any atom is -0.289 e. The lowest BCUT2D eigenvalue weighted by atomic mass is 10.0. The molecule has 0 aliphatic carbocycles. The summed E-state index contributed by atoms with van der Waals surface area (Å²) < 4.78 is 23.6. The van der Waals surface area contributed by atoms with Crippen LogP contribution in [-0.4, -0.2) is 14.2 Å². The van der Waals surface area contributed by atoms with E-state index >= 15 is 0 Å². The van der Waals surface area contributed by atoms with Crippen LogP contribution in [0.25, 0.3) is 0 Å². The van der Waals surface area contributed by atoms with E-state index in [0.29, 0.717) is 10.0 Å². The molecule has 6 heteroatoms. The minimum atomic E-state index is -3.97. The second-order valence-corrected chi connectivity index (χ2v) is 7.22. The molecule has 3 nitrogen and oxygen atoms in total. The summed E-state index contributed by atoms with van der Waals surface area (Å²) in [7, 11) is 1.38. The molecule has 0 unspecified atom stereocenters. The van der Waals surface area contributed by atoms with Crippen molar-refractivity contribution in [2.75, 3.05) is 0 Å². The van der Waals surface area contributed by atoms with Crippen molar-refractivity contribution in [3.05, 3.63) is 64.1 Å².